The maximum absolute atomic E-state index is 5.91. The van der Waals surface area contributed by atoms with Crippen LogP contribution in [0.5, 0.6) is 11.5 Å². The van der Waals surface area contributed by atoms with Crippen LogP contribution in [0, 0.1) is 6.92 Å². The van der Waals surface area contributed by atoms with E-state index in [2.05, 4.69) is 10.3 Å². The first-order chi connectivity index (χ1) is 10.7. The predicted octanol–water partition coefficient (Wildman–Crippen LogP) is 3.18. The van der Waals surface area contributed by atoms with Crippen LogP contribution in [-0.4, -0.2) is 25.2 Å². The molecule has 23 heavy (non-hydrogen) atoms. The highest BCUT2D eigenvalue weighted by Crippen LogP contribution is 2.30. The lowest BCUT2D eigenvalue weighted by Gasteiger charge is -2.25. The monoisotopic (exact) mass is 425 g/mol. The molecular weight excluding hydrogens is 405 g/mol. The smallest absolute Gasteiger partial charge is 0.193 e. The van der Waals surface area contributed by atoms with E-state index in [4.69, 9.17) is 15.2 Å². The van der Waals surface area contributed by atoms with Gasteiger partial charge < -0.3 is 20.5 Å². The number of hydrogen-bond acceptors (Lipinski definition) is 3. The molecule has 6 heteroatoms. The summed E-state index contributed by atoms with van der Waals surface area (Å²) in [7, 11) is 0. The zero-order valence-corrected chi connectivity index (χ0v) is 15.2. The Bertz CT molecular complexity index is 691. The fourth-order valence-corrected chi connectivity index (χ4v) is 2.26. The molecule has 0 saturated carbocycles. The number of aliphatic imine (C=N–C) groups is 1. The van der Waals surface area contributed by atoms with Crippen LogP contribution in [0.3, 0.4) is 0 Å². The maximum atomic E-state index is 5.91. The molecule has 1 heterocycles. The normalized spacial score (nSPS) is 16.4. The number of nitrogens with zero attached hydrogens (tertiary/aromatic N) is 1. The van der Waals surface area contributed by atoms with Crippen molar-refractivity contribution in [1.82, 2.24) is 0 Å². The van der Waals surface area contributed by atoms with Gasteiger partial charge in [-0.25, -0.2) is 4.99 Å². The van der Waals surface area contributed by atoms with Crippen molar-refractivity contribution >= 4 is 35.6 Å². The van der Waals surface area contributed by atoms with Gasteiger partial charge in [-0.1, -0.05) is 24.3 Å². The molecule has 3 rings (SSSR count). The Morgan fingerprint density at radius 3 is 2.78 bits per heavy atom. The van der Waals surface area contributed by atoms with Crippen LogP contribution in [0.25, 0.3) is 0 Å². The zero-order valence-electron chi connectivity index (χ0n) is 12.9. The number of nitrogens with two attached hydrogens (primary N) is 1. The molecular formula is C17H20IN3O2. The van der Waals surface area contributed by atoms with Crippen molar-refractivity contribution in [2.75, 3.05) is 18.5 Å². The molecule has 122 valence electrons. The topological polar surface area (TPSA) is 68.9 Å². The van der Waals surface area contributed by atoms with Crippen LogP contribution in [-0.2, 0) is 0 Å². The summed E-state index contributed by atoms with van der Waals surface area (Å²) in [4.78, 5) is 4.32. The molecule has 0 saturated heterocycles. The number of guanidine groups is 1. The second-order valence-corrected chi connectivity index (χ2v) is 5.22. The van der Waals surface area contributed by atoms with Gasteiger partial charge in [0.15, 0.2) is 23.6 Å². The summed E-state index contributed by atoms with van der Waals surface area (Å²) in [6.45, 7) is 2.94. The van der Waals surface area contributed by atoms with Gasteiger partial charge in [-0.05, 0) is 36.8 Å². The average molecular weight is 425 g/mol. The number of benzene rings is 2. The van der Waals surface area contributed by atoms with E-state index in [1.54, 1.807) is 0 Å². The number of hydrogen-bond donors (Lipinski definition) is 2. The van der Waals surface area contributed by atoms with Gasteiger partial charge in [0, 0.05) is 5.69 Å². The predicted molar refractivity (Wildman–Crippen MR) is 103 cm³/mol. The van der Waals surface area contributed by atoms with Gasteiger partial charge in [-0.3, -0.25) is 0 Å². The Hall–Kier alpha value is -1.96. The number of ether oxygens (including phenoxy) is 2. The van der Waals surface area contributed by atoms with Crippen molar-refractivity contribution < 1.29 is 9.47 Å². The van der Waals surface area contributed by atoms with E-state index in [0.717, 1.165) is 17.2 Å². The number of aryl methyl sites for hydroxylation is 1. The lowest BCUT2D eigenvalue weighted by Crippen LogP contribution is -2.33. The third-order valence-electron chi connectivity index (χ3n) is 3.32. The number of anilines is 1. The van der Waals surface area contributed by atoms with Crippen LogP contribution in [0.1, 0.15) is 5.56 Å². The van der Waals surface area contributed by atoms with E-state index in [9.17, 15) is 0 Å². The third kappa shape index (κ3) is 4.75. The van der Waals surface area contributed by atoms with E-state index in [1.165, 1.54) is 5.56 Å². The second-order valence-electron chi connectivity index (χ2n) is 5.22. The van der Waals surface area contributed by atoms with E-state index < -0.39 is 0 Å². The molecule has 5 nitrogen and oxygen atoms in total. The van der Waals surface area contributed by atoms with Gasteiger partial charge in [-0.2, -0.15) is 0 Å². The number of halogens is 1. The number of nitrogens with one attached hydrogen (secondary N) is 1. The molecule has 0 bridgehead atoms. The molecule has 1 atom stereocenters. The number of para-hydroxylation sites is 2. The standard InChI is InChI=1S/C17H19N3O2.HI/c1-12-5-4-6-13(9-12)20-17(18)19-10-14-11-21-15-7-2-3-8-16(15)22-14;/h2-9,14H,10-11H2,1H3,(H3,18,19,20);1H. The Labute approximate surface area is 152 Å². The van der Waals surface area contributed by atoms with Crippen LogP contribution in [0.4, 0.5) is 5.69 Å². The van der Waals surface area contributed by atoms with Gasteiger partial charge >= 0.3 is 0 Å². The first kappa shape index (κ1) is 17.4. The van der Waals surface area contributed by atoms with Gasteiger partial charge in [0.05, 0.1) is 6.54 Å². The van der Waals surface area contributed by atoms with Gasteiger partial charge in [0.25, 0.3) is 0 Å². The van der Waals surface area contributed by atoms with E-state index in [-0.39, 0.29) is 30.1 Å². The summed E-state index contributed by atoms with van der Waals surface area (Å²) < 4.78 is 11.5. The van der Waals surface area contributed by atoms with Crippen molar-refractivity contribution in [3.63, 3.8) is 0 Å². The highest BCUT2D eigenvalue weighted by atomic mass is 127. The molecule has 2 aromatic carbocycles. The number of fused-ring (bicyclic) bond motifs is 1. The Kier molecular flexibility index (Phi) is 6.09. The minimum atomic E-state index is -0.132. The quantitative estimate of drug-likeness (QED) is 0.451. The van der Waals surface area contributed by atoms with Crippen molar-refractivity contribution in [3.8, 4) is 11.5 Å². The van der Waals surface area contributed by atoms with Gasteiger partial charge in [0.2, 0.25) is 0 Å². The lowest BCUT2D eigenvalue weighted by molar-refractivity contribution is 0.0972. The minimum absolute atomic E-state index is 0. The summed E-state index contributed by atoms with van der Waals surface area (Å²) in [6, 6.07) is 15.6. The molecule has 1 aliphatic heterocycles. The van der Waals surface area contributed by atoms with E-state index in [0.29, 0.717) is 19.1 Å². The molecule has 0 amide bonds. The molecule has 0 aromatic heterocycles. The lowest BCUT2D eigenvalue weighted by atomic mass is 10.2. The highest BCUT2D eigenvalue weighted by Gasteiger charge is 2.20. The minimum Gasteiger partial charge on any atom is -0.486 e. The first-order valence-corrected chi connectivity index (χ1v) is 7.23. The Morgan fingerprint density at radius 2 is 2.00 bits per heavy atom. The molecule has 1 unspecified atom stereocenters. The van der Waals surface area contributed by atoms with Gasteiger partial charge in [-0.15, -0.1) is 24.0 Å². The molecule has 0 fully saturated rings. The van der Waals surface area contributed by atoms with Gasteiger partial charge in [0.1, 0.15) is 6.61 Å². The maximum Gasteiger partial charge on any atom is 0.193 e. The highest BCUT2D eigenvalue weighted by molar-refractivity contribution is 14.0. The molecule has 1 aliphatic rings. The van der Waals surface area contributed by atoms with E-state index >= 15 is 0 Å². The first-order valence-electron chi connectivity index (χ1n) is 7.23. The summed E-state index contributed by atoms with van der Waals surface area (Å²) in [5.74, 6) is 1.89. The SMILES string of the molecule is Cc1cccc(NC(N)=NCC2COc3ccccc3O2)c1.I. The van der Waals surface area contributed by atoms with Crippen LogP contribution in [0.2, 0.25) is 0 Å². The molecule has 0 aliphatic carbocycles. The summed E-state index contributed by atoms with van der Waals surface area (Å²) in [5, 5.41) is 3.07. The molecule has 3 N–H and O–H groups in total. The summed E-state index contributed by atoms with van der Waals surface area (Å²) >= 11 is 0. The van der Waals surface area contributed by atoms with Crippen LogP contribution < -0.4 is 20.5 Å². The zero-order chi connectivity index (χ0) is 15.4. The van der Waals surface area contributed by atoms with Crippen LogP contribution in [0.15, 0.2) is 53.5 Å². The summed E-state index contributed by atoms with van der Waals surface area (Å²) in [5.41, 5.74) is 8.00. The van der Waals surface area contributed by atoms with E-state index in [1.807, 2.05) is 55.5 Å². The molecule has 0 spiro atoms. The third-order valence-corrected chi connectivity index (χ3v) is 3.32. The van der Waals surface area contributed by atoms with Crippen molar-refractivity contribution in [2.45, 2.75) is 13.0 Å². The van der Waals surface area contributed by atoms with Crippen molar-refractivity contribution in [2.24, 2.45) is 10.7 Å². The van der Waals surface area contributed by atoms with Crippen LogP contribution >= 0.6 is 24.0 Å². The largest absolute Gasteiger partial charge is 0.486 e. The molecule has 2 aromatic rings. The second kappa shape index (κ2) is 8.05. The Morgan fingerprint density at radius 1 is 1.22 bits per heavy atom. The fraction of sp³-hybridized carbons (Fsp3) is 0.235. The van der Waals surface area contributed by atoms with Crippen molar-refractivity contribution in [3.05, 3.63) is 54.1 Å². The van der Waals surface area contributed by atoms with Crippen molar-refractivity contribution in [1.29, 1.82) is 0 Å². The Balaban J connectivity index is 0.00000192. The fourth-order valence-electron chi connectivity index (χ4n) is 2.26. The molecule has 0 radical (unpaired) electrons. The number of rotatable bonds is 3. The summed E-state index contributed by atoms with van der Waals surface area (Å²) in [6.07, 6.45) is -0.132. The average Bonchev–Trinajstić information content (AvgIpc) is 2.53.